The molecule has 0 saturated carbocycles. The Bertz CT molecular complexity index is 665. The first kappa shape index (κ1) is 10.6. The molecule has 0 radical (unpaired) electrons. The molecular formula is C13H11N3O2. The third-order valence-electron chi connectivity index (χ3n) is 2.52. The Kier molecular flexibility index (Phi) is 2.57. The molecule has 2 heterocycles. The summed E-state index contributed by atoms with van der Waals surface area (Å²) in [5, 5.41) is 0.832. The maximum Gasteiger partial charge on any atom is 0.226 e. The summed E-state index contributed by atoms with van der Waals surface area (Å²) in [4.78, 5) is 8.25. The lowest BCUT2D eigenvalue weighted by Crippen LogP contribution is -2.01. The molecule has 90 valence electrons. The molecule has 0 bridgehead atoms. The van der Waals surface area contributed by atoms with Crippen LogP contribution < -0.4 is 10.5 Å². The summed E-state index contributed by atoms with van der Waals surface area (Å²) in [5.74, 6) is 1.40. The van der Waals surface area contributed by atoms with Gasteiger partial charge in [-0.1, -0.05) is 12.1 Å². The third-order valence-corrected chi connectivity index (χ3v) is 2.52. The van der Waals surface area contributed by atoms with E-state index < -0.39 is 0 Å². The second-order valence-electron chi connectivity index (χ2n) is 3.77. The van der Waals surface area contributed by atoms with Gasteiger partial charge in [0.1, 0.15) is 12.4 Å². The van der Waals surface area contributed by atoms with E-state index in [2.05, 4.69) is 9.97 Å². The number of anilines is 1. The van der Waals surface area contributed by atoms with Gasteiger partial charge in [0.05, 0.1) is 17.2 Å². The van der Waals surface area contributed by atoms with Crippen molar-refractivity contribution >= 4 is 16.9 Å². The Labute approximate surface area is 103 Å². The number of furan rings is 1. The molecule has 0 unspecified atom stereocenters. The van der Waals surface area contributed by atoms with E-state index in [4.69, 9.17) is 14.9 Å². The normalized spacial score (nSPS) is 10.7. The molecule has 2 N–H and O–H groups in total. The molecule has 0 spiro atoms. The highest BCUT2D eigenvalue weighted by atomic mass is 16.5. The largest absolute Gasteiger partial charge is 0.469 e. The van der Waals surface area contributed by atoms with Crippen LogP contribution in [0.1, 0.15) is 5.76 Å². The Balaban J connectivity index is 1.95. The fraction of sp³-hybridized carbons (Fsp3) is 0.0769. The van der Waals surface area contributed by atoms with Crippen LogP contribution in [0, 0.1) is 0 Å². The van der Waals surface area contributed by atoms with E-state index in [1.807, 2.05) is 36.4 Å². The van der Waals surface area contributed by atoms with Crippen molar-refractivity contribution in [1.82, 2.24) is 9.97 Å². The minimum atomic E-state index is 0.197. The van der Waals surface area contributed by atoms with Crippen molar-refractivity contribution in [2.75, 3.05) is 5.73 Å². The predicted molar refractivity (Wildman–Crippen MR) is 67.0 cm³/mol. The highest BCUT2D eigenvalue weighted by molar-refractivity contribution is 5.84. The summed E-state index contributed by atoms with van der Waals surface area (Å²) >= 11 is 0. The minimum Gasteiger partial charge on any atom is -0.469 e. The van der Waals surface area contributed by atoms with Gasteiger partial charge >= 0.3 is 0 Å². The van der Waals surface area contributed by atoms with Gasteiger partial charge in [0.25, 0.3) is 0 Å². The number of benzene rings is 1. The zero-order valence-electron chi connectivity index (χ0n) is 9.54. The van der Waals surface area contributed by atoms with Crippen LogP contribution in [0.5, 0.6) is 5.88 Å². The predicted octanol–water partition coefficient (Wildman–Crippen LogP) is 2.38. The molecule has 0 atom stereocenters. The van der Waals surface area contributed by atoms with Gasteiger partial charge in [-0.25, -0.2) is 4.98 Å². The molecule has 2 aromatic heterocycles. The van der Waals surface area contributed by atoms with Crippen LogP contribution >= 0.6 is 0 Å². The summed E-state index contributed by atoms with van der Waals surface area (Å²) in [6, 6.07) is 11.2. The van der Waals surface area contributed by atoms with Gasteiger partial charge in [0.15, 0.2) is 0 Å². The van der Waals surface area contributed by atoms with Crippen LogP contribution in [0.15, 0.2) is 47.1 Å². The van der Waals surface area contributed by atoms with Crippen LogP contribution in [0.25, 0.3) is 10.9 Å². The van der Waals surface area contributed by atoms with Gasteiger partial charge in [-0.05, 0) is 24.3 Å². The van der Waals surface area contributed by atoms with Gasteiger partial charge in [-0.2, -0.15) is 4.98 Å². The number of nitrogens with zero attached hydrogens (tertiary/aromatic N) is 2. The van der Waals surface area contributed by atoms with E-state index in [1.54, 1.807) is 6.26 Å². The lowest BCUT2D eigenvalue weighted by Gasteiger charge is -2.07. The van der Waals surface area contributed by atoms with E-state index in [-0.39, 0.29) is 5.95 Å². The quantitative estimate of drug-likeness (QED) is 0.762. The fourth-order valence-electron chi connectivity index (χ4n) is 1.71. The van der Waals surface area contributed by atoms with Crippen LogP contribution in [0.4, 0.5) is 5.95 Å². The molecule has 0 amide bonds. The summed E-state index contributed by atoms with van der Waals surface area (Å²) in [6.45, 7) is 0.313. The smallest absolute Gasteiger partial charge is 0.226 e. The molecule has 5 heteroatoms. The number of para-hydroxylation sites is 1. The van der Waals surface area contributed by atoms with Gasteiger partial charge in [0, 0.05) is 0 Å². The average molecular weight is 241 g/mol. The Morgan fingerprint density at radius 1 is 1.11 bits per heavy atom. The summed E-state index contributed by atoms with van der Waals surface area (Å²) < 4.78 is 10.8. The molecule has 0 aliphatic carbocycles. The summed E-state index contributed by atoms with van der Waals surface area (Å²) in [7, 11) is 0. The van der Waals surface area contributed by atoms with Crippen molar-refractivity contribution in [1.29, 1.82) is 0 Å². The number of aromatic nitrogens is 2. The third kappa shape index (κ3) is 1.98. The standard InChI is InChI=1S/C13H11N3O2/c14-13-15-11-6-2-1-5-10(11)12(16-13)18-8-9-4-3-7-17-9/h1-7H,8H2,(H2,14,15,16). The zero-order chi connectivity index (χ0) is 12.4. The van der Waals surface area contributed by atoms with E-state index in [9.17, 15) is 0 Å². The minimum absolute atomic E-state index is 0.197. The molecule has 0 aliphatic rings. The summed E-state index contributed by atoms with van der Waals surface area (Å²) in [6.07, 6.45) is 1.60. The van der Waals surface area contributed by atoms with Gasteiger partial charge in [-0.15, -0.1) is 0 Å². The van der Waals surface area contributed by atoms with Crippen molar-refractivity contribution in [3.8, 4) is 5.88 Å². The zero-order valence-corrected chi connectivity index (χ0v) is 9.54. The average Bonchev–Trinajstić information content (AvgIpc) is 2.89. The Hall–Kier alpha value is -2.56. The molecular weight excluding hydrogens is 230 g/mol. The number of rotatable bonds is 3. The SMILES string of the molecule is Nc1nc(OCc2ccco2)c2ccccc2n1. The molecule has 0 fully saturated rings. The van der Waals surface area contributed by atoms with Gasteiger partial charge in [0.2, 0.25) is 11.8 Å². The number of nitrogen functional groups attached to an aromatic ring is 1. The van der Waals surface area contributed by atoms with Gasteiger partial charge < -0.3 is 14.9 Å². The molecule has 0 saturated heterocycles. The fourth-order valence-corrected chi connectivity index (χ4v) is 1.71. The van der Waals surface area contributed by atoms with Crippen molar-refractivity contribution in [3.63, 3.8) is 0 Å². The van der Waals surface area contributed by atoms with E-state index in [0.29, 0.717) is 12.5 Å². The Morgan fingerprint density at radius 3 is 2.83 bits per heavy atom. The first-order valence-corrected chi connectivity index (χ1v) is 5.50. The second-order valence-corrected chi connectivity index (χ2v) is 3.77. The van der Waals surface area contributed by atoms with Crippen LogP contribution in [-0.4, -0.2) is 9.97 Å². The highest BCUT2D eigenvalue weighted by Crippen LogP contribution is 2.23. The lowest BCUT2D eigenvalue weighted by molar-refractivity contribution is 0.264. The summed E-state index contributed by atoms with van der Waals surface area (Å²) in [5.41, 5.74) is 6.41. The Morgan fingerprint density at radius 2 is 2.00 bits per heavy atom. The maximum absolute atomic E-state index is 5.65. The van der Waals surface area contributed by atoms with E-state index >= 15 is 0 Å². The number of hydrogen-bond donors (Lipinski definition) is 1. The highest BCUT2D eigenvalue weighted by Gasteiger charge is 2.07. The molecule has 18 heavy (non-hydrogen) atoms. The second kappa shape index (κ2) is 4.37. The maximum atomic E-state index is 5.65. The van der Waals surface area contributed by atoms with Gasteiger partial charge in [-0.3, -0.25) is 0 Å². The number of hydrogen-bond acceptors (Lipinski definition) is 5. The number of ether oxygens (including phenoxy) is 1. The van der Waals surface area contributed by atoms with Crippen molar-refractivity contribution < 1.29 is 9.15 Å². The topological polar surface area (TPSA) is 74.2 Å². The monoisotopic (exact) mass is 241 g/mol. The molecule has 1 aromatic carbocycles. The first-order valence-electron chi connectivity index (χ1n) is 5.50. The van der Waals surface area contributed by atoms with Crippen molar-refractivity contribution in [3.05, 3.63) is 48.4 Å². The lowest BCUT2D eigenvalue weighted by atomic mass is 10.2. The molecule has 0 aliphatic heterocycles. The van der Waals surface area contributed by atoms with Crippen molar-refractivity contribution in [2.24, 2.45) is 0 Å². The van der Waals surface area contributed by atoms with Crippen LogP contribution in [0.2, 0.25) is 0 Å². The van der Waals surface area contributed by atoms with E-state index in [1.165, 1.54) is 0 Å². The molecule has 5 nitrogen and oxygen atoms in total. The van der Waals surface area contributed by atoms with Crippen LogP contribution in [-0.2, 0) is 6.61 Å². The number of nitrogens with two attached hydrogens (primary N) is 1. The van der Waals surface area contributed by atoms with Crippen LogP contribution in [0.3, 0.4) is 0 Å². The van der Waals surface area contributed by atoms with E-state index in [0.717, 1.165) is 16.7 Å². The molecule has 3 rings (SSSR count). The number of fused-ring (bicyclic) bond motifs is 1. The first-order chi connectivity index (χ1) is 8.83. The van der Waals surface area contributed by atoms with Crippen molar-refractivity contribution in [2.45, 2.75) is 6.61 Å². The molecule has 3 aromatic rings.